The second-order valence-corrected chi connectivity index (χ2v) is 6.45. The summed E-state index contributed by atoms with van der Waals surface area (Å²) in [6, 6.07) is 8.68. The minimum absolute atomic E-state index is 0.184. The second-order valence-electron chi connectivity index (χ2n) is 5.54. The highest BCUT2D eigenvalue weighted by Crippen LogP contribution is 2.48. The first-order valence-electron chi connectivity index (χ1n) is 7.00. The smallest absolute Gasteiger partial charge is 0.223 e. The van der Waals surface area contributed by atoms with E-state index in [1.54, 1.807) is 0 Å². The summed E-state index contributed by atoms with van der Waals surface area (Å²) in [6.45, 7) is 2.04. The molecule has 0 spiro atoms. The minimum Gasteiger partial charge on any atom is -0.353 e. The lowest BCUT2D eigenvalue weighted by atomic mass is 10.1. The van der Waals surface area contributed by atoms with Crippen LogP contribution in [0.1, 0.15) is 30.7 Å². The third-order valence-corrected chi connectivity index (χ3v) is 4.58. The number of rotatable bonds is 3. The summed E-state index contributed by atoms with van der Waals surface area (Å²) in [5.74, 6) is 0.847. The first kappa shape index (κ1) is 13.1. The summed E-state index contributed by atoms with van der Waals surface area (Å²) in [4.78, 5) is 12.2. The number of carbonyl (C=O) groups is 1. The molecular formula is C15H19BrN2O. The number of hydrogen-bond donors (Lipinski definition) is 2. The van der Waals surface area contributed by atoms with Gasteiger partial charge in [0.1, 0.15) is 0 Å². The standard InChI is InChI=1S/C15H19BrN2O/c16-11-3-1-2-10(8-11)13-9-14(13)15(19)18-12-4-6-17-7-5-12/h1-3,8,12-14,17H,4-7,9H2,(H,18,19). The maximum absolute atomic E-state index is 12.2. The molecule has 1 aliphatic heterocycles. The third-order valence-electron chi connectivity index (χ3n) is 4.09. The Kier molecular flexibility index (Phi) is 3.89. The molecule has 0 radical (unpaired) electrons. The van der Waals surface area contributed by atoms with Crippen molar-refractivity contribution in [1.29, 1.82) is 0 Å². The molecule has 1 aromatic rings. The fourth-order valence-electron chi connectivity index (χ4n) is 2.86. The van der Waals surface area contributed by atoms with Crippen molar-refractivity contribution in [2.75, 3.05) is 13.1 Å². The molecule has 19 heavy (non-hydrogen) atoms. The van der Waals surface area contributed by atoms with Crippen molar-refractivity contribution < 1.29 is 4.79 Å². The molecule has 3 nitrogen and oxygen atoms in total. The number of nitrogens with one attached hydrogen (secondary N) is 2. The van der Waals surface area contributed by atoms with E-state index in [1.807, 2.05) is 12.1 Å². The summed E-state index contributed by atoms with van der Waals surface area (Å²) in [6.07, 6.45) is 3.10. The highest BCUT2D eigenvalue weighted by atomic mass is 79.9. The van der Waals surface area contributed by atoms with E-state index < -0.39 is 0 Å². The maximum atomic E-state index is 12.2. The molecule has 1 heterocycles. The molecule has 1 saturated heterocycles. The molecule has 1 saturated carbocycles. The number of halogens is 1. The van der Waals surface area contributed by atoms with Crippen molar-refractivity contribution in [3.05, 3.63) is 34.3 Å². The Morgan fingerprint density at radius 3 is 2.84 bits per heavy atom. The molecule has 3 rings (SSSR count). The number of benzene rings is 1. The Morgan fingerprint density at radius 1 is 1.32 bits per heavy atom. The quantitative estimate of drug-likeness (QED) is 0.897. The molecule has 1 aliphatic carbocycles. The van der Waals surface area contributed by atoms with Gasteiger partial charge in [-0.1, -0.05) is 28.1 Å². The van der Waals surface area contributed by atoms with E-state index in [9.17, 15) is 4.79 Å². The van der Waals surface area contributed by atoms with Crippen molar-refractivity contribution in [3.8, 4) is 0 Å². The molecule has 0 bridgehead atoms. The maximum Gasteiger partial charge on any atom is 0.223 e. The molecule has 2 atom stereocenters. The molecule has 0 aromatic heterocycles. The van der Waals surface area contributed by atoms with Crippen LogP contribution in [0.2, 0.25) is 0 Å². The zero-order valence-electron chi connectivity index (χ0n) is 10.9. The molecule has 1 aromatic carbocycles. The summed E-state index contributed by atoms with van der Waals surface area (Å²) >= 11 is 3.49. The Balaban J connectivity index is 1.55. The van der Waals surface area contributed by atoms with Crippen LogP contribution in [0.5, 0.6) is 0 Å². The van der Waals surface area contributed by atoms with Gasteiger partial charge in [0.15, 0.2) is 0 Å². The largest absolute Gasteiger partial charge is 0.353 e. The van der Waals surface area contributed by atoms with E-state index in [1.165, 1.54) is 5.56 Å². The van der Waals surface area contributed by atoms with Gasteiger partial charge in [0.2, 0.25) is 5.91 Å². The van der Waals surface area contributed by atoms with Gasteiger partial charge in [0.25, 0.3) is 0 Å². The van der Waals surface area contributed by atoms with Crippen LogP contribution in [0.15, 0.2) is 28.7 Å². The van der Waals surface area contributed by atoms with Gasteiger partial charge in [-0.05, 0) is 56.0 Å². The van der Waals surface area contributed by atoms with Gasteiger partial charge >= 0.3 is 0 Å². The van der Waals surface area contributed by atoms with Crippen LogP contribution in [0, 0.1) is 5.92 Å². The lowest BCUT2D eigenvalue weighted by Crippen LogP contribution is -2.43. The number of amides is 1. The van der Waals surface area contributed by atoms with Crippen LogP contribution < -0.4 is 10.6 Å². The molecular weight excluding hydrogens is 304 g/mol. The van der Waals surface area contributed by atoms with Crippen LogP contribution in [0.4, 0.5) is 0 Å². The summed E-state index contributed by atoms with van der Waals surface area (Å²) in [7, 11) is 0. The Morgan fingerprint density at radius 2 is 2.11 bits per heavy atom. The highest BCUT2D eigenvalue weighted by Gasteiger charge is 2.44. The third kappa shape index (κ3) is 3.18. The first-order chi connectivity index (χ1) is 9.24. The van der Waals surface area contributed by atoms with E-state index in [-0.39, 0.29) is 11.8 Å². The molecule has 1 amide bonds. The van der Waals surface area contributed by atoms with Crippen LogP contribution in [0.3, 0.4) is 0 Å². The second kappa shape index (κ2) is 5.63. The Bertz CT molecular complexity index is 471. The van der Waals surface area contributed by atoms with E-state index in [4.69, 9.17) is 0 Å². The topological polar surface area (TPSA) is 41.1 Å². The summed E-state index contributed by atoms with van der Waals surface area (Å²) < 4.78 is 1.09. The van der Waals surface area contributed by atoms with E-state index in [2.05, 4.69) is 38.7 Å². The molecule has 102 valence electrons. The predicted molar refractivity (Wildman–Crippen MR) is 79.0 cm³/mol. The average Bonchev–Trinajstić information content (AvgIpc) is 3.20. The van der Waals surface area contributed by atoms with Gasteiger partial charge in [-0.25, -0.2) is 0 Å². The van der Waals surface area contributed by atoms with Gasteiger partial charge in [0.05, 0.1) is 0 Å². The van der Waals surface area contributed by atoms with Crippen molar-refractivity contribution in [1.82, 2.24) is 10.6 Å². The predicted octanol–water partition coefficient (Wildman–Crippen LogP) is 2.42. The SMILES string of the molecule is O=C(NC1CCNCC1)C1CC1c1cccc(Br)c1. The lowest BCUT2D eigenvalue weighted by molar-refractivity contribution is -0.123. The fourth-order valence-corrected chi connectivity index (χ4v) is 3.28. The first-order valence-corrected chi connectivity index (χ1v) is 7.80. The Hall–Kier alpha value is -0.870. The monoisotopic (exact) mass is 322 g/mol. The number of carbonyl (C=O) groups excluding carboxylic acids is 1. The Labute approximate surface area is 122 Å². The zero-order chi connectivity index (χ0) is 13.2. The van der Waals surface area contributed by atoms with Crippen molar-refractivity contribution in [2.45, 2.75) is 31.2 Å². The van der Waals surface area contributed by atoms with Crippen molar-refractivity contribution in [2.24, 2.45) is 5.92 Å². The number of piperidine rings is 1. The zero-order valence-corrected chi connectivity index (χ0v) is 12.4. The van der Waals surface area contributed by atoms with Crippen LogP contribution in [-0.2, 0) is 4.79 Å². The molecule has 2 unspecified atom stereocenters. The fraction of sp³-hybridized carbons (Fsp3) is 0.533. The van der Waals surface area contributed by atoms with E-state index in [0.29, 0.717) is 12.0 Å². The normalized spacial score (nSPS) is 27.0. The minimum atomic E-state index is 0.184. The van der Waals surface area contributed by atoms with E-state index >= 15 is 0 Å². The van der Waals surface area contributed by atoms with Crippen molar-refractivity contribution in [3.63, 3.8) is 0 Å². The van der Waals surface area contributed by atoms with Gasteiger partial charge in [-0.15, -0.1) is 0 Å². The van der Waals surface area contributed by atoms with Gasteiger partial charge in [0, 0.05) is 16.4 Å². The lowest BCUT2D eigenvalue weighted by Gasteiger charge is -2.23. The van der Waals surface area contributed by atoms with Gasteiger partial charge in [-0.2, -0.15) is 0 Å². The summed E-state index contributed by atoms with van der Waals surface area (Å²) in [5.41, 5.74) is 1.28. The molecule has 2 fully saturated rings. The highest BCUT2D eigenvalue weighted by molar-refractivity contribution is 9.10. The number of hydrogen-bond acceptors (Lipinski definition) is 2. The van der Waals surface area contributed by atoms with Gasteiger partial charge in [-0.3, -0.25) is 4.79 Å². The van der Waals surface area contributed by atoms with E-state index in [0.717, 1.165) is 36.8 Å². The van der Waals surface area contributed by atoms with Gasteiger partial charge < -0.3 is 10.6 Å². The average molecular weight is 323 g/mol. The van der Waals surface area contributed by atoms with Crippen LogP contribution in [-0.4, -0.2) is 25.0 Å². The van der Waals surface area contributed by atoms with Crippen LogP contribution >= 0.6 is 15.9 Å². The molecule has 4 heteroatoms. The molecule has 2 N–H and O–H groups in total. The van der Waals surface area contributed by atoms with Crippen LogP contribution in [0.25, 0.3) is 0 Å². The molecule has 2 aliphatic rings. The van der Waals surface area contributed by atoms with Crippen molar-refractivity contribution >= 4 is 21.8 Å². The summed E-state index contributed by atoms with van der Waals surface area (Å²) in [5, 5.41) is 6.52.